The van der Waals surface area contributed by atoms with Crippen LogP contribution >= 0.6 is 0 Å². The van der Waals surface area contributed by atoms with Gasteiger partial charge in [-0.1, -0.05) is 170 Å². The maximum absolute atomic E-state index is 5.26. The van der Waals surface area contributed by atoms with E-state index in [2.05, 4.69) is 223 Å². The molecule has 2 heterocycles. The zero-order chi connectivity index (χ0) is 38.9. The highest BCUT2D eigenvalue weighted by Gasteiger charge is 2.19. The van der Waals surface area contributed by atoms with Gasteiger partial charge < -0.3 is 4.57 Å². The number of hydrogen-bond donors (Lipinski definition) is 0. The third-order valence-electron chi connectivity index (χ3n) is 12.1. The van der Waals surface area contributed by atoms with E-state index >= 15 is 0 Å². The van der Waals surface area contributed by atoms with Crippen LogP contribution in [0.1, 0.15) is 0 Å². The van der Waals surface area contributed by atoms with E-state index in [-0.39, 0.29) is 0 Å². The highest BCUT2D eigenvalue weighted by molar-refractivity contribution is 6.29. The molecule has 0 unspecified atom stereocenters. The van der Waals surface area contributed by atoms with Crippen LogP contribution in [0.4, 0.5) is 0 Å². The Morgan fingerprint density at radius 3 is 1.42 bits per heavy atom. The second-order valence-electron chi connectivity index (χ2n) is 15.5. The molecule has 0 N–H and O–H groups in total. The summed E-state index contributed by atoms with van der Waals surface area (Å²) in [5, 5.41) is 12.5. The van der Waals surface area contributed by atoms with Gasteiger partial charge in [0.25, 0.3) is 0 Å². The van der Waals surface area contributed by atoms with E-state index in [1.165, 1.54) is 76.1 Å². The maximum atomic E-state index is 5.26. The van der Waals surface area contributed by atoms with Gasteiger partial charge in [0, 0.05) is 21.9 Å². The lowest BCUT2D eigenvalue weighted by molar-refractivity contribution is 1.16. The molecule has 10 aromatic carbocycles. The minimum atomic E-state index is 0.941. The van der Waals surface area contributed by atoms with Gasteiger partial charge in [-0.15, -0.1) is 0 Å². The van der Waals surface area contributed by atoms with Crippen molar-refractivity contribution in [2.75, 3.05) is 0 Å². The monoisotopic (exact) mass is 748 g/mol. The molecule has 0 saturated carbocycles. The Morgan fingerprint density at radius 1 is 0.254 bits per heavy atom. The zero-order valence-corrected chi connectivity index (χ0v) is 32.2. The molecule has 12 rings (SSSR count). The van der Waals surface area contributed by atoms with Gasteiger partial charge in [-0.25, -0.2) is 4.98 Å². The van der Waals surface area contributed by atoms with Crippen LogP contribution in [0.3, 0.4) is 0 Å². The lowest BCUT2D eigenvalue weighted by Gasteiger charge is -2.15. The molecular weight excluding hydrogens is 713 g/mol. The lowest BCUT2D eigenvalue weighted by Crippen LogP contribution is -1.98. The standard InChI is InChI=1S/C57H36N2/c1-4-14-37(15-5-1)43-27-29-56-52(32-43)53-35-50-47-23-13-12-22-46(47)49-31-44(42-25-24-38-16-10-11-21-41(38)30-42)26-28-48(49)51(50)36-57(53)59(56)45-33-54(39-17-6-2-7-18-39)58-55(34-45)40-19-8-3-9-20-40/h1-36H. The molecule has 0 saturated heterocycles. The molecular formula is C57H36N2. The summed E-state index contributed by atoms with van der Waals surface area (Å²) in [5.74, 6) is 0. The fourth-order valence-electron chi connectivity index (χ4n) is 9.26. The summed E-state index contributed by atoms with van der Waals surface area (Å²) < 4.78 is 2.46. The average Bonchev–Trinajstić information content (AvgIpc) is 3.64. The third-order valence-corrected chi connectivity index (χ3v) is 12.1. The summed E-state index contributed by atoms with van der Waals surface area (Å²) in [6.45, 7) is 0. The van der Waals surface area contributed by atoms with Crippen molar-refractivity contribution in [2.45, 2.75) is 0 Å². The average molecular weight is 749 g/mol. The Labute approximate surface area is 341 Å². The Kier molecular flexibility index (Phi) is 7.57. The van der Waals surface area contributed by atoms with Crippen LogP contribution in [0.5, 0.6) is 0 Å². The summed E-state index contributed by atoms with van der Waals surface area (Å²) in [7, 11) is 0. The van der Waals surface area contributed by atoms with Gasteiger partial charge in [0.15, 0.2) is 0 Å². The van der Waals surface area contributed by atoms with Gasteiger partial charge in [-0.2, -0.15) is 0 Å². The number of aromatic nitrogens is 2. The SMILES string of the molecule is c1ccc(-c2ccc3c(c2)c2cc4c5ccccc5c5cc(-c6ccc7ccccc7c6)ccc5c4cc2n3-c2cc(-c3ccccc3)nc(-c3ccccc3)c2)cc1. The number of rotatable bonds is 5. The highest BCUT2D eigenvalue weighted by atomic mass is 15.0. The van der Waals surface area contributed by atoms with Crippen molar-refractivity contribution in [3.63, 3.8) is 0 Å². The minimum Gasteiger partial charge on any atom is -0.309 e. The molecule has 59 heavy (non-hydrogen) atoms. The fraction of sp³-hybridized carbons (Fsp3) is 0. The van der Waals surface area contributed by atoms with E-state index in [0.29, 0.717) is 0 Å². The van der Waals surface area contributed by atoms with Crippen molar-refractivity contribution in [1.29, 1.82) is 0 Å². The molecule has 0 atom stereocenters. The van der Waals surface area contributed by atoms with Gasteiger partial charge in [-0.05, 0) is 114 Å². The van der Waals surface area contributed by atoms with Gasteiger partial charge >= 0.3 is 0 Å². The highest BCUT2D eigenvalue weighted by Crippen LogP contribution is 2.43. The first-order valence-corrected chi connectivity index (χ1v) is 20.3. The van der Waals surface area contributed by atoms with Crippen LogP contribution in [0.2, 0.25) is 0 Å². The number of nitrogens with zero attached hydrogens (tertiary/aromatic N) is 2. The molecule has 0 spiro atoms. The van der Waals surface area contributed by atoms with Crippen molar-refractivity contribution >= 4 is 64.9 Å². The predicted octanol–water partition coefficient (Wildman–Crippen LogP) is 15.5. The Balaban J connectivity index is 1.18. The van der Waals surface area contributed by atoms with E-state index in [1.54, 1.807) is 0 Å². The largest absolute Gasteiger partial charge is 0.309 e. The Morgan fingerprint density at radius 2 is 0.729 bits per heavy atom. The van der Waals surface area contributed by atoms with Gasteiger partial charge in [0.1, 0.15) is 0 Å². The molecule has 0 bridgehead atoms. The first-order valence-electron chi connectivity index (χ1n) is 20.3. The first-order chi connectivity index (χ1) is 29.2. The normalized spacial score (nSPS) is 11.7. The van der Waals surface area contributed by atoms with Crippen LogP contribution < -0.4 is 0 Å². The van der Waals surface area contributed by atoms with E-state index in [9.17, 15) is 0 Å². The predicted molar refractivity (Wildman–Crippen MR) is 250 cm³/mol. The van der Waals surface area contributed by atoms with E-state index < -0.39 is 0 Å². The quantitative estimate of drug-likeness (QED) is 0.160. The molecule has 274 valence electrons. The van der Waals surface area contributed by atoms with Crippen molar-refractivity contribution in [3.05, 3.63) is 218 Å². The van der Waals surface area contributed by atoms with E-state index in [0.717, 1.165) is 39.2 Å². The Hall–Kier alpha value is -7.81. The van der Waals surface area contributed by atoms with Crippen molar-refractivity contribution in [3.8, 4) is 50.5 Å². The van der Waals surface area contributed by atoms with E-state index in [4.69, 9.17) is 4.98 Å². The first kappa shape index (κ1) is 33.3. The molecule has 0 fully saturated rings. The Bertz CT molecular complexity index is 3530. The fourth-order valence-corrected chi connectivity index (χ4v) is 9.26. The number of pyridine rings is 1. The molecule has 0 aliphatic rings. The topological polar surface area (TPSA) is 17.8 Å². The molecule has 0 aliphatic heterocycles. The van der Waals surface area contributed by atoms with Crippen LogP contribution in [-0.4, -0.2) is 9.55 Å². The summed E-state index contributed by atoms with van der Waals surface area (Å²) in [4.78, 5) is 5.26. The summed E-state index contributed by atoms with van der Waals surface area (Å²) in [5.41, 5.74) is 12.3. The van der Waals surface area contributed by atoms with Crippen LogP contribution in [0, 0.1) is 0 Å². The molecule has 0 aliphatic carbocycles. The molecule has 0 radical (unpaired) electrons. The van der Waals surface area contributed by atoms with Crippen LogP contribution in [0.25, 0.3) is 115 Å². The van der Waals surface area contributed by atoms with Crippen LogP contribution in [-0.2, 0) is 0 Å². The summed E-state index contributed by atoms with van der Waals surface area (Å²) in [6.07, 6.45) is 0. The van der Waals surface area contributed by atoms with Gasteiger partial charge in [-0.3, -0.25) is 0 Å². The smallest absolute Gasteiger partial charge is 0.0730 e. The molecule has 2 nitrogen and oxygen atoms in total. The van der Waals surface area contributed by atoms with Crippen LogP contribution in [0.15, 0.2) is 218 Å². The lowest BCUT2D eigenvalue weighted by atomic mass is 9.91. The summed E-state index contributed by atoms with van der Waals surface area (Å²) in [6, 6.07) is 79.5. The maximum Gasteiger partial charge on any atom is 0.0730 e. The number of fused-ring (bicyclic) bond motifs is 10. The number of hydrogen-bond acceptors (Lipinski definition) is 1. The van der Waals surface area contributed by atoms with Crippen molar-refractivity contribution in [2.24, 2.45) is 0 Å². The number of benzene rings is 10. The van der Waals surface area contributed by atoms with Gasteiger partial charge in [0.05, 0.1) is 28.1 Å². The van der Waals surface area contributed by atoms with Crippen molar-refractivity contribution in [1.82, 2.24) is 9.55 Å². The zero-order valence-electron chi connectivity index (χ0n) is 32.2. The third kappa shape index (κ3) is 5.53. The molecule has 0 amide bonds. The second kappa shape index (κ2) is 13.4. The van der Waals surface area contributed by atoms with Crippen molar-refractivity contribution < 1.29 is 0 Å². The van der Waals surface area contributed by atoms with Gasteiger partial charge in [0.2, 0.25) is 0 Å². The molecule has 12 aromatic rings. The minimum absolute atomic E-state index is 0.941. The molecule has 2 heteroatoms. The second-order valence-corrected chi connectivity index (χ2v) is 15.5. The summed E-state index contributed by atoms with van der Waals surface area (Å²) >= 11 is 0. The molecule has 2 aromatic heterocycles. The van der Waals surface area contributed by atoms with E-state index in [1.807, 2.05) is 0 Å².